The van der Waals surface area contributed by atoms with Gasteiger partial charge in [-0.25, -0.2) is 4.98 Å². The minimum atomic E-state index is 0.0366. The number of carbonyl (C=O) groups is 1. The Kier molecular flexibility index (Phi) is 6.94. The van der Waals surface area contributed by atoms with Crippen molar-refractivity contribution < 1.29 is 9.53 Å². The molecule has 0 spiro atoms. The molecule has 0 unspecified atom stereocenters. The Bertz CT molecular complexity index is 814. The van der Waals surface area contributed by atoms with Crippen LogP contribution in [0.3, 0.4) is 0 Å². The van der Waals surface area contributed by atoms with E-state index >= 15 is 0 Å². The number of carbonyl (C=O) groups excluding carboxylic acids is 1. The summed E-state index contributed by atoms with van der Waals surface area (Å²) in [6, 6.07) is 14.1. The highest BCUT2D eigenvalue weighted by Gasteiger charge is 2.15. The molecule has 4 nitrogen and oxygen atoms in total. The van der Waals surface area contributed by atoms with Crippen molar-refractivity contribution in [1.82, 2.24) is 10.3 Å². The van der Waals surface area contributed by atoms with Crippen molar-refractivity contribution in [2.45, 2.75) is 26.4 Å². The Morgan fingerprint density at radius 2 is 2.04 bits per heavy atom. The molecule has 0 radical (unpaired) electrons. The van der Waals surface area contributed by atoms with Crippen LogP contribution >= 0.6 is 22.7 Å². The van der Waals surface area contributed by atoms with Crippen LogP contribution in [0.4, 0.5) is 0 Å². The zero-order valence-electron chi connectivity index (χ0n) is 14.7. The lowest BCUT2D eigenvalue weighted by atomic mass is 10.2. The molecule has 2 heterocycles. The number of amides is 1. The quantitative estimate of drug-likeness (QED) is 0.553. The Morgan fingerprint density at radius 1 is 1.19 bits per heavy atom. The summed E-state index contributed by atoms with van der Waals surface area (Å²) in [6.07, 6.45) is 1.18. The van der Waals surface area contributed by atoms with Gasteiger partial charge in [0.1, 0.15) is 0 Å². The Morgan fingerprint density at radius 3 is 2.81 bits per heavy atom. The fraction of sp³-hybridized carbons (Fsp3) is 0.300. The zero-order chi connectivity index (χ0) is 18.2. The monoisotopic (exact) mass is 386 g/mol. The summed E-state index contributed by atoms with van der Waals surface area (Å²) in [5.41, 5.74) is 2.11. The van der Waals surface area contributed by atoms with Crippen molar-refractivity contribution in [3.8, 4) is 10.6 Å². The number of benzene rings is 1. The predicted molar refractivity (Wildman–Crippen MR) is 108 cm³/mol. The van der Waals surface area contributed by atoms with Crippen LogP contribution in [-0.4, -0.2) is 24.0 Å². The molecule has 0 aliphatic carbocycles. The Balaban J connectivity index is 1.38. The number of hydrogen-bond acceptors (Lipinski definition) is 5. The van der Waals surface area contributed by atoms with E-state index in [1.54, 1.807) is 22.7 Å². The lowest BCUT2D eigenvalue weighted by molar-refractivity contribution is -0.120. The Hall–Kier alpha value is -2.02. The zero-order valence-corrected chi connectivity index (χ0v) is 16.4. The number of nitrogens with zero attached hydrogens (tertiary/aromatic N) is 1. The summed E-state index contributed by atoms with van der Waals surface area (Å²) in [5.74, 6) is 0.0366. The molecular formula is C20H22N2O2S2. The number of hydrogen-bond donors (Lipinski definition) is 1. The van der Waals surface area contributed by atoms with Crippen molar-refractivity contribution in [2.75, 3.05) is 13.2 Å². The molecule has 6 heteroatoms. The Labute approximate surface area is 161 Å². The van der Waals surface area contributed by atoms with E-state index < -0.39 is 0 Å². The highest BCUT2D eigenvalue weighted by atomic mass is 32.1. The van der Waals surface area contributed by atoms with Crippen LogP contribution in [0.15, 0.2) is 47.8 Å². The minimum absolute atomic E-state index is 0.0366. The lowest BCUT2D eigenvalue weighted by Crippen LogP contribution is -2.26. The van der Waals surface area contributed by atoms with Crippen LogP contribution in [0.25, 0.3) is 10.6 Å². The van der Waals surface area contributed by atoms with Gasteiger partial charge in [-0.3, -0.25) is 4.79 Å². The highest BCUT2D eigenvalue weighted by Crippen LogP contribution is 2.31. The predicted octanol–water partition coefficient (Wildman–Crippen LogP) is 4.45. The smallest absolute Gasteiger partial charge is 0.225 e. The molecule has 3 rings (SSSR count). The van der Waals surface area contributed by atoms with Gasteiger partial charge in [0.25, 0.3) is 0 Å². The second-order valence-corrected chi connectivity index (χ2v) is 8.14. The fourth-order valence-corrected chi connectivity index (χ4v) is 4.32. The molecule has 1 aromatic carbocycles. The normalized spacial score (nSPS) is 10.8. The highest BCUT2D eigenvalue weighted by molar-refractivity contribution is 7.15. The van der Waals surface area contributed by atoms with Crippen LogP contribution in [0.2, 0.25) is 0 Å². The van der Waals surface area contributed by atoms with Gasteiger partial charge in [-0.2, -0.15) is 0 Å². The molecule has 0 atom stereocenters. The van der Waals surface area contributed by atoms with Crippen LogP contribution in [0.1, 0.15) is 21.9 Å². The van der Waals surface area contributed by atoms with Crippen molar-refractivity contribution in [3.05, 3.63) is 63.3 Å². The van der Waals surface area contributed by atoms with E-state index in [4.69, 9.17) is 4.74 Å². The minimum Gasteiger partial charge on any atom is -0.377 e. The molecule has 1 amide bonds. The fourth-order valence-electron chi connectivity index (χ4n) is 2.57. The number of rotatable bonds is 9. The first-order valence-electron chi connectivity index (χ1n) is 8.61. The summed E-state index contributed by atoms with van der Waals surface area (Å²) in [7, 11) is 0. The summed E-state index contributed by atoms with van der Waals surface area (Å²) in [4.78, 5) is 19.0. The van der Waals surface area contributed by atoms with Gasteiger partial charge < -0.3 is 10.1 Å². The molecule has 0 saturated carbocycles. The maximum atomic E-state index is 12.2. The van der Waals surface area contributed by atoms with E-state index in [-0.39, 0.29) is 5.91 Å². The van der Waals surface area contributed by atoms with E-state index in [1.165, 1.54) is 5.56 Å². The van der Waals surface area contributed by atoms with Crippen LogP contribution in [0.5, 0.6) is 0 Å². The van der Waals surface area contributed by atoms with Crippen LogP contribution < -0.4 is 5.32 Å². The SMILES string of the molecule is Cc1nc(-c2cccs2)c(CC(=O)NCCCOCc2ccccc2)s1. The molecule has 0 aliphatic heterocycles. The van der Waals surface area contributed by atoms with Gasteiger partial charge in [-0.05, 0) is 30.4 Å². The van der Waals surface area contributed by atoms with E-state index in [0.717, 1.165) is 26.9 Å². The largest absolute Gasteiger partial charge is 0.377 e. The number of ether oxygens (including phenoxy) is 1. The first-order chi connectivity index (χ1) is 12.7. The maximum Gasteiger partial charge on any atom is 0.225 e. The van der Waals surface area contributed by atoms with Gasteiger partial charge in [0, 0.05) is 18.0 Å². The van der Waals surface area contributed by atoms with Crippen molar-refractivity contribution in [1.29, 1.82) is 0 Å². The molecule has 2 aromatic heterocycles. The molecule has 26 heavy (non-hydrogen) atoms. The lowest BCUT2D eigenvalue weighted by Gasteiger charge is -2.06. The number of thiophene rings is 1. The number of aromatic nitrogens is 1. The van der Waals surface area contributed by atoms with Gasteiger partial charge >= 0.3 is 0 Å². The molecular weight excluding hydrogens is 364 g/mol. The van der Waals surface area contributed by atoms with Gasteiger partial charge in [0.2, 0.25) is 5.91 Å². The standard InChI is InChI=1S/C20H22N2O2S2/c1-15-22-20(17-9-5-12-25-17)18(26-15)13-19(23)21-10-6-11-24-14-16-7-3-2-4-8-16/h2-5,7-9,12H,6,10-11,13-14H2,1H3,(H,21,23). The molecule has 136 valence electrons. The molecule has 1 N–H and O–H groups in total. The molecule has 0 aliphatic rings. The molecule has 3 aromatic rings. The van der Waals surface area contributed by atoms with E-state index in [1.807, 2.05) is 54.8 Å². The summed E-state index contributed by atoms with van der Waals surface area (Å²) >= 11 is 3.25. The molecule has 0 saturated heterocycles. The van der Waals surface area contributed by atoms with Crippen molar-refractivity contribution >= 4 is 28.6 Å². The van der Waals surface area contributed by atoms with Gasteiger partial charge in [-0.1, -0.05) is 36.4 Å². The second-order valence-electron chi connectivity index (χ2n) is 5.90. The summed E-state index contributed by atoms with van der Waals surface area (Å²) in [5, 5.41) is 6.00. The third-order valence-electron chi connectivity index (χ3n) is 3.78. The van der Waals surface area contributed by atoms with Crippen molar-refractivity contribution in [3.63, 3.8) is 0 Å². The molecule has 0 bridgehead atoms. The van der Waals surface area contributed by atoms with Gasteiger partial charge in [0.05, 0.1) is 28.6 Å². The maximum absolute atomic E-state index is 12.2. The summed E-state index contributed by atoms with van der Waals surface area (Å²) in [6.45, 7) is 3.85. The van der Waals surface area contributed by atoms with Gasteiger partial charge in [0.15, 0.2) is 0 Å². The molecule has 0 fully saturated rings. The summed E-state index contributed by atoms with van der Waals surface area (Å²) < 4.78 is 5.63. The van der Waals surface area contributed by atoms with Crippen LogP contribution in [-0.2, 0) is 22.6 Å². The third kappa shape index (κ3) is 5.49. The number of nitrogens with one attached hydrogen (secondary N) is 1. The first kappa shape index (κ1) is 18.8. The first-order valence-corrected chi connectivity index (χ1v) is 10.3. The number of thiazole rings is 1. The average Bonchev–Trinajstić information content (AvgIpc) is 3.28. The van der Waals surface area contributed by atoms with Crippen LogP contribution in [0, 0.1) is 6.92 Å². The number of aryl methyl sites for hydroxylation is 1. The van der Waals surface area contributed by atoms with E-state index in [9.17, 15) is 4.79 Å². The second kappa shape index (κ2) is 9.62. The average molecular weight is 387 g/mol. The topological polar surface area (TPSA) is 51.2 Å². The van der Waals surface area contributed by atoms with E-state index in [2.05, 4.69) is 10.3 Å². The third-order valence-corrected chi connectivity index (χ3v) is 5.63. The van der Waals surface area contributed by atoms with E-state index in [0.29, 0.717) is 26.2 Å². The van der Waals surface area contributed by atoms with Crippen molar-refractivity contribution in [2.24, 2.45) is 0 Å². The van der Waals surface area contributed by atoms with Gasteiger partial charge in [-0.15, -0.1) is 22.7 Å².